The fourth-order valence-electron chi connectivity index (χ4n) is 4.23. The molecule has 1 aliphatic carbocycles. The first-order valence-corrected chi connectivity index (χ1v) is 10.4. The third kappa shape index (κ3) is 4.99. The zero-order valence-corrected chi connectivity index (χ0v) is 16.5. The van der Waals surface area contributed by atoms with E-state index in [0.29, 0.717) is 11.8 Å². The van der Waals surface area contributed by atoms with E-state index in [1.807, 2.05) is 12.1 Å². The van der Waals surface area contributed by atoms with Gasteiger partial charge in [0.05, 0.1) is 5.92 Å². The molecule has 0 bridgehead atoms. The van der Waals surface area contributed by atoms with Gasteiger partial charge in [0.25, 0.3) is 0 Å². The second kappa shape index (κ2) is 8.44. The van der Waals surface area contributed by atoms with Gasteiger partial charge in [-0.25, -0.2) is 4.39 Å². The number of likely N-dealkylation sites (tertiary alicyclic amines) is 1. The van der Waals surface area contributed by atoms with Crippen LogP contribution in [-0.2, 0) is 11.3 Å². The SMILES string of the molecule is Cc1cccc([C@H]2C[C@@H](C(=O)NCC3CC3)CN(Cc3ccc(F)cc3)C2)c1. The number of benzene rings is 2. The van der Waals surface area contributed by atoms with Gasteiger partial charge in [-0.05, 0) is 61.3 Å². The van der Waals surface area contributed by atoms with Crippen molar-refractivity contribution < 1.29 is 9.18 Å². The first kappa shape index (κ1) is 19.1. The number of rotatable bonds is 6. The Kier molecular flexibility index (Phi) is 5.77. The van der Waals surface area contributed by atoms with E-state index in [0.717, 1.165) is 38.2 Å². The zero-order valence-electron chi connectivity index (χ0n) is 16.5. The molecule has 1 saturated heterocycles. The number of hydrogen-bond donors (Lipinski definition) is 1. The van der Waals surface area contributed by atoms with Crippen LogP contribution < -0.4 is 5.32 Å². The number of carbonyl (C=O) groups excluding carboxylic acids is 1. The maximum atomic E-state index is 13.2. The molecule has 2 aromatic carbocycles. The molecule has 1 saturated carbocycles. The molecular weight excluding hydrogens is 351 g/mol. The van der Waals surface area contributed by atoms with Gasteiger partial charge in [-0.15, -0.1) is 0 Å². The maximum Gasteiger partial charge on any atom is 0.224 e. The van der Waals surface area contributed by atoms with Gasteiger partial charge in [0.15, 0.2) is 0 Å². The Morgan fingerprint density at radius 3 is 2.64 bits per heavy atom. The summed E-state index contributed by atoms with van der Waals surface area (Å²) < 4.78 is 13.2. The van der Waals surface area contributed by atoms with E-state index in [4.69, 9.17) is 0 Å². The molecule has 0 unspecified atom stereocenters. The first-order chi connectivity index (χ1) is 13.6. The summed E-state index contributed by atoms with van der Waals surface area (Å²) >= 11 is 0. The second-order valence-electron chi connectivity index (χ2n) is 8.55. The van der Waals surface area contributed by atoms with Crippen molar-refractivity contribution in [3.63, 3.8) is 0 Å². The molecule has 148 valence electrons. The molecule has 0 radical (unpaired) electrons. The van der Waals surface area contributed by atoms with Crippen molar-refractivity contribution in [3.8, 4) is 0 Å². The maximum absolute atomic E-state index is 13.2. The highest BCUT2D eigenvalue weighted by Gasteiger charge is 2.33. The van der Waals surface area contributed by atoms with E-state index < -0.39 is 0 Å². The summed E-state index contributed by atoms with van der Waals surface area (Å²) in [5.41, 5.74) is 3.65. The smallest absolute Gasteiger partial charge is 0.224 e. The number of halogens is 1. The van der Waals surface area contributed by atoms with Gasteiger partial charge in [-0.1, -0.05) is 42.0 Å². The van der Waals surface area contributed by atoms with Crippen molar-refractivity contribution in [1.29, 1.82) is 0 Å². The van der Waals surface area contributed by atoms with E-state index in [1.54, 1.807) is 0 Å². The van der Waals surface area contributed by atoms with Gasteiger partial charge in [-0.3, -0.25) is 9.69 Å². The number of hydrogen-bond acceptors (Lipinski definition) is 2. The van der Waals surface area contributed by atoms with Gasteiger partial charge in [-0.2, -0.15) is 0 Å². The summed E-state index contributed by atoms with van der Waals surface area (Å²) in [6.07, 6.45) is 3.38. The lowest BCUT2D eigenvalue weighted by atomic mass is 9.83. The second-order valence-corrected chi connectivity index (χ2v) is 8.55. The lowest BCUT2D eigenvalue weighted by Gasteiger charge is -2.37. The highest BCUT2D eigenvalue weighted by atomic mass is 19.1. The van der Waals surface area contributed by atoms with Gasteiger partial charge in [0.2, 0.25) is 5.91 Å². The van der Waals surface area contributed by atoms with Crippen molar-refractivity contribution in [2.75, 3.05) is 19.6 Å². The Labute approximate surface area is 166 Å². The van der Waals surface area contributed by atoms with Gasteiger partial charge < -0.3 is 5.32 Å². The molecule has 2 atom stereocenters. The van der Waals surface area contributed by atoms with E-state index in [9.17, 15) is 9.18 Å². The summed E-state index contributed by atoms with van der Waals surface area (Å²) in [5, 5.41) is 3.17. The van der Waals surface area contributed by atoms with Crippen molar-refractivity contribution >= 4 is 5.91 Å². The molecule has 3 nitrogen and oxygen atoms in total. The van der Waals surface area contributed by atoms with Gasteiger partial charge >= 0.3 is 0 Å². The fraction of sp³-hybridized carbons (Fsp3) is 0.458. The van der Waals surface area contributed by atoms with E-state index >= 15 is 0 Å². The van der Waals surface area contributed by atoms with Crippen LogP contribution in [0.25, 0.3) is 0 Å². The third-order valence-electron chi connectivity index (χ3n) is 5.99. The summed E-state index contributed by atoms with van der Waals surface area (Å²) in [5.74, 6) is 1.00. The molecule has 1 heterocycles. The van der Waals surface area contributed by atoms with Crippen LogP contribution in [0.1, 0.15) is 41.9 Å². The van der Waals surface area contributed by atoms with Crippen LogP contribution >= 0.6 is 0 Å². The molecule has 4 heteroatoms. The number of carbonyl (C=O) groups is 1. The van der Waals surface area contributed by atoms with Crippen LogP contribution in [0.3, 0.4) is 0 Å². The summed E-state index contributed by atoms with van der Waals surface area (Å²) in [7, 11) is 0. The highest BCUT2D eigenvalue weighted by Crippen LogP contribution is 2.32. The summed E-state index contributed by atoms with van der Waals surface area (Å²) in [4.78, 5) is 15.2. The lowest BCUT2D eigenvalue weighted by molar-refractivity contribution is -0.127. The largest absolute Gasteiger partial charge is 0.356 e. The van der Waals surface area contributed by atoms with E-state index in [-0.39, 0.29) is 17.6 Å². The van der Waals surface area contributed by atoms with Gasteiger partial charge in [0, 0.05) is 26.2 Å². The van der Waals surface area contributed by atoms with Crippen LogP contribution in [0.4, 0.5) is 4.39 Å². The predicted molar refractivity (Wildman–Crippen MR) is 109 cm³/mol. The Balaban J connectivity index is 1.49. The normalized spacial score (nSPS) is 22.8. The van der Waals surface area contributed by atoms with Crippen molar-refractivity contribution in [3.05, 3.63) is 71.0 Å². The van der Waals surface area contributed by atoms with E-state index in [1.165, 1.54) is 36.1 Å². The van der Waals surface area contributed by atoms with Gasteiger partial charge in [0.1, 0.15) is 5.82 Å². The molecule has 0 aromatic heterocycles. The van der Waals surface area contributed by atoms with Crippen LogP contribution in [-0.4, -0.2) is 30.4 Å². The molecule has 1 aliphatic heterocycles. The zero-order chi connectivity index (χ0) is 19.5. The monoisotopic (exact) mass is 380 g/mol. The van der Waals surface area contributed by atoms with Crippen LogP contribution in [0.15, 0.2) is 48.5 Å². The standard InChI is InChI=1S/C24H29FN2O/c1-17-3-2-4-20(11-17)21-12-22(24(28)26-13-18-5-6-18)16-27(15-21)14-19-7-9-23(25)10-8-19/h2-4,7-11,18,21-22H,5-6,12-16H2,1H3,(H,26,28)/t21-,22+/m0/s1. The average Bonchev–Trinajstić information content (AvgIpc) is 3.52. The molecular formula is C24H29FN2O. The van der Waals surface area contributed by atoms with Crippen LogP contribution in [0, 0.1) is 24.6 Å². The topological polar surface area (TPSA) is 32.3 Å². The average molecular weight is 381 g/mol. The number of nitrogens with one attached hydrogen (secondary N) is 1. The number of piperidine rings is 1. The van der Waals surface area contributed by atoms with E-state index in [2.05, 4.69) is 41.4 Å². The molecule has 1 amide bonds. The first-order valence-electron chi connectivity index (χ1n) is 10.4. The molecule has 4 rings (SSSR count). The fourth-order valence-corrected chi connectivity index (χ4v) is 4.23. The Bertz CT molecular complexity index is 816. The predicted octanol–water partition coefficient (Wildman–Crippen LogP) is 4.27. The number of nitrogens with zero attached hydrogens (tertiary/aromatic N) is 1. The lowest BCUT2D eigenvalue weighted by Crippen LogP contribution is -2.45. The highest BCUT2D eigenvalue weighted by molar-refractivity contribution is 5.79. The van der Waals surface area contributed by atoms with Crippen molar-refractivity contribution in [1.82, 2.24) is 10.2 Å². The van der Waals surface area contributed by atoms with Crippen LogP contribution in [0.5, 0.6) is 0 Å². The number of aryl methyl sites for hydroxylation is 1. The minimum Gasteiger partial charge on any atom is -0.356 e. The number of amides is 1. The van der Waals surface area contributed by atoms with Crippen LogP contribution in [0.2, 0.25) is 0 Å². The molecule has 2 aliphatic rings. The Morgan fingerprint density at radius 2 is 1.93 bits per heavy atom. The molecule has 28 heavy (non-hydrogen) atoms. The Morgan fingerprint density at radius 1 is 1.14 bits per heavy atom. The molecule has 0 spiro atoms. The molecule has 2 fully saturated rings. The third-order valence-corrected chi connectivity index (χ3v) is 5.99. The quantitative estimate of drug-likeness (QED) is 0.812. The molecule has 1 N–H and O–H groups in total. The summed E-state index contributed by atoms with van der Waals surface area (Å²) in [6, 6.07) is 15.3. The Hall–Kier alpha value is -2.20. The van der Waals surface area contributed by atoms with Crippen molar-refractivity contribution in [2.45, 2.75) is 38.6 Å². The minimum absolute atomic E-state index is 0.00143. The minimum atomic E-state index is -0.211. The van der Waals surface area contributed by atoms with Crippen molar-refractivity contribution in [2.24, 2.45) is 11.8 Å². The molecule has 2 aromatic rings. The summed E-state index contributed by atoms with van der Waals surface area (Å²) in [6.45, 7) is 5.36.